The van der Waals surface area contributed by atoms with Gasteiger partial charge in [0.1, 0.15) is 10.5 Å². The van der Waals surface area contributed by atoms with Crippen molar-refractivity contribution in [3.63, 3.8) is 0 Å². The highest BCUT2D eigenvalue weighted by atomic mass is 32.1. The highest BCUT2D eigenvalue weighted by Crippen LogP contribution is 2.35. The highest BCUT2D eigenvalue weighted by molar-refractivity contribution is 7.15. The standard InChI is InChI=1S/C16H23N5O3S/c1-10(2)9-12-19-20-14(25-12)17-11(22)5-8-21-13(23)16(18-15(21)24)6-3-4-7-16/h10H,3-9H2,1-2H3,(H,18,24)(H,17,20,22). The first kappa shape index (κ1) is 17.8. The second-order valence-corrected chi connectivity index (χ2v) is 8.14. The average Bonchev–Trinajstić information content (AvgIpc) is 3.21. The Morgan fingerprint density at radius 3 is 2.72 bits per heavy atom. The summed E-state index contributed by atoms with van der Waals surface area (Å²) in [5.41, 5.74) is -0.724. The molecule has 1 aromatic heterocycles. The molecule has 0 atom stereocenters. The number of hydrogen-bond donors (Lipinski definition) is 2. The van der Waals surface area contributed by atoms with E-state index < -0.39 is 11.6 Å². The molecule has 0 bridgehead atoms. The molecule has 0 aromatic carbocycles. The third kappa shape index (κ3) is 3.81. The van der Waals surface area contributed by atoms with Crippen LogP contribution in [0.25, 0.3) is 0 Å². The van der Waals surface area contributed by atoms with Gasteiger partial charge in [-0.1, -0.05) is 38.0 Å². The first-order chi connectivity index (χ1) is 11.9. The Hall–Kier alpha value is -2.03. The van der Waals surface area contributed by atoms with Crippen molar-refractivity contribution < 1.29 is 14.4 Å². The van der Waals surface area contributed by atoms with Gasteiger partial charge in [-0.3, -0.25) is 14.5 Å². The summed E-state index contributed by atoms with van der Waals surface area (Å²) in [6.45, 7) is 4.26. The second-order valence-electron chi connectivity index (χ2n) is 7.07. The number of hydrogen-bond acceptors (Lipinski definition) is 6. The van der Waals surface area contributed by atoms with E-state index in [4.69, 9.17) is 0 Å². The smallest absolute Gasteiger partial charge is 0.323 e. The third-order valence-electron chi connectivity index (χ3n) is 4.56. The lowest BCUT2D eigenvalue weighted by atomic mass is 9.98. The summed E-state index contributed by atoms with van der Waals surface area (Å²) in [4.78, 5) is 37.8. The largest absolute Gasteiger partial charge is 0.325 e. The third-order valence-corrected chi connectivity index (χ3v) is 5.42. The molecule has 1 saturated carbocycles. The van der Waals surface area contributed by atoms with E-state index >= 15 is 0 Å². The number of anilines is 1. The molecule has 9 heteroatoms. The van der Waals surface area contributed by atoms with Gasteiger partial charge in [-0.2, -0.15) is 0 Å². The minimum absolute atomic E-state index is 0.0499. The van der Waals surface area contributed by atoms with Crippen LogP contribution in [-0.4, -0.2) is 45.0 Å². The van der Waals surface area contributed by atoms with Gasteiger partial charge in [0.15, 0.2) is 0 Å². The zero-order chi connectivity index (χ0) is 18.0. The van der Waals surface area contributed by atoms with E-state index in [0.29, 0.717) is 23.9 Å². The van der Waals surface area contributed by atoms with Gasteiger partial charge in [0, 0.05) is 19.4 Å². The maximum absolute atomic E-state index is 12.5. The molecule has 25 heavy (non-hydrogen) atoms. The summed E-state index contributed by atoms with van der Waals surface area (Å²) in [7, 11) is 0. The van der Waals surface area contributed by atoms with Crippen molar-refractivity contribution in [1.29, 1.82) is 0 Å². The number of aromatic nitrogens is 2. The van der Waals surface area contributed by atoms with Crippen LogP contribution in [0, 0.1) is 5.92 Å². The summed E-state index contributed by atoms with van der Waals surface area (Å²) in [5.74, 6) is -0.00254. The molecule has 2 heterocycles. The second kappa shape index (κ2) is 7.07. The number of imide groups is 1. The Labute approximate surface area is 150 Å². The molecule has 1 aliphatic heterocycles. The van der Waals surface area contributed by atoms with E-state index in [9.17, 15) is 14.4 Å². The van der Waals surface area contributed by atoms with Crippen LogP contribution in [0.3, 0.4) is 0 Å². The number of carbonyl (C=O) groups excluding carboxylic acids is 3. The van der Waals surface area contributed by atoms with Gasteiger partial charge in [0.25, 0.3) is 5.91 Å². The predicted octanol–water partition coefficient (Wildman–Crippen LogP) is 1.93. The van der Waals surface area contributed by atoms with Crippen molar-refractivity contribution >= 4 is 34.3 Å². The molecule has 1 spiro atoms. The lowest BCUT2D eigenvalue weighted by Gasteiger charge is -2.19. The Morgan fingerprint density at radius 1 is 1.32 bits per heavy atom. The summed E-state index contributed by atoms with van der Waals surface area (Å²) in [6, 6.07) is -0.394. The summed E-state index contributed by atoms with van der Waals surface area (Å²) in [6.07, 6.45) is 4.12. The van der Waals surface area contributed by atoms with Gasteiger partial charge in [-0.25, -0.2) is 4.79 Å². The minimum atomic E-state index is -0.724. The average molecular weight is 365 g/mol. The number of nitrogens with zero attached hydrogens (tertiary/aromatic N) is 3. The Kier molecular flexibility index (Phi) is 5.03. The van der Waals surface area contributed by atoms with Gasteiger partial charge < -0.3 is 10.6 Å². The maximum atomic E-state index is 12.5. The molecule has 1 aliphatic carbocycles. The van der Waals surface area contributed by atoms with Crippen LogP contribution in [0.1, 0.15) is 51.0 Å². The topological polar surface area (TPSA) is 104 Å². The molecule has 3 rings (SSSR count). The summed E-state index contributed by atoms with van der Waals surface area (Å²) < 4.78 is 0. The fraction of sp³-hybridized carbons (Fsp3) is 0.688. The first-order valence-corrected chi connectivity index (χ1v) is 9.47. The number of nitrogens with one attached hydrogen (secondary N) is 2. The molecule has 8 nitrogen and oxygen atoms in total. The van der Waals surface area contributed by atoms with Gasteiger partial charge in [0.2, 0.25) is 11.0 Å². The fourth-order valence-electron chi connectivity index (χ4n) is 3.33. The first-order valence-electron chi connectivity index (χ1n) is 8.66. The number of urea groups is 1. The molecule has 0 radical (unpaired) electrons. The number of amides is 4. The zero-order valence-corrected chi connectivity index (χ0v) is 15.3. The van der Waals surface area contributed by atoms with Crippen LogP contribution in [0.2, 0.25) is 0 Å². The molecular weight excluding hydrogens is 342 g/mol. The maximum Gasteiger partial charge on any atom is 0.325 e. The van der Waals surface area contributed by atoms with Crippen molar-refractivity contribution in [2.45, 2.75) is 57.9 Å². The number of rotatable bonds is 6. The molecule has 0 unspecified atom stereocenters. The normalized spacial score (nSPS) is 19.1. The SMILES string of the molecule is CC(C)Cc1nnc(NC(=O)CCN2C(=O)NC3(CCCC3)C2=O)s1. The van der Waals surface area contributed by atoms with Gasteiger partial charge in [-0.05, 0) is 18.8 Å². The van der Waals surface area contributed by atoms with Crippen LogP contribution in [0.5, 0.6) is 0 Å². The van der Waals surface area contributed by atoms with E-state index in [1.165, 1.54) is 11.3 Å². The fourth-order valence-corrected chi connectivity index (χ4v) is 4.30. The van der Waals surface area contributed by atoms with E-state index in [0.717, 1.165) is 29.2 Å². The molecule has 136 valence electrons. The van der Waals surface area contributed by atoms with Crippen LogP contribution in [-0.2, 0) is 16.0 Å². The molecule has 2 aliphatic rings. The monoisotopic (exact) mass is 365 g/mol. The molecule has 2 N–H and O–H groups in total. The van der Waals surface area contributed by atoms with Crippen LogP contribution in [0.4, 0.5) is 9.93 Å². The lowest BCUT2D eigenvalue weighted by molar-refractivity contribution is -0.131. The Morgan fingerprint density at radius 2 is 2.04 bits per heavy atom. The minimum Gasteiger partial charge on any atom is -0.323 e. The van der Waals surface area contributed by atoms with Gasteiger partial charge in [-0.15, -0.1) is 10.2 Å². The van der Waals surface area contributed by atoms with E-state index in [2.05, 4.69) is 34.7 Å². The summed E-state index contributed by atoms with van der Waals surface area (Å²) in [5, 5.41) is 14.8. The molecule has 1 saturated heterocycles. The highest BCUT2D eigenvalue weighted by Gasteiger charge is 2.52. The van der Waals surface area contributed by atoms with Gasteiger partial charge >= 0.3 is 6.03 Å². The summed E-state index contributed by atoms with van der Waals surface area (Å²) >= 11 is 1.35. The lowest BCUT2D eigenvalue weighted by Crippen LogP contribution is -2.44. The van der Waals surface area contributed by atoms with E-state index in [-0.39, 0.29) is 24.8 Å². The molecule has 1 aromatic rings. The number of carbonyl (C=O) groups is 3. The van der Waals surface area contributed by atoms with Crippen molar-refractivity contribution in [2.24, 2.45) is 5.92 Å². The van der Waals surface area contributed by atoms with Gasteiger partial charge in [0.05, 0.1) is 0 Å². The van der Waals surface area contributed by atoms with Crippen LogP contribution >= 0.6 is 11.3 Å². The molecular formula is C16H23N5O3S. The zero-order valence-electron chi connectivity index (χ0n) is 14.5. The van der Waals surface area contributed by atoms with Crippen molar-refractivity contribution in [3.8, 4) is 0 Å². The van der Waals surface area contributed by atoms with Crippen molar-refractivity contribution in [2.75, 3.05) is 11.9 Å². The van der Waals surface area contributed by atoms with Crippen LogP contribution < -0.4 is 10.6 Å². The molecule has 2 fully saturated rings. The van der Waals surface area contributed by atoms with Crippen molar-refractivity contribution in [1.82, 2.24) is 20.4 Å². The quantitative estimate of drug-likeness (QED) is 0.750. The Balaban J connectivity index is 1.51. The van der Waals surface area contributed by atoms with E-state index in [1.54, 1.807) is 0 Å². The predicted molar refractivity (Wildman–Crippen MR) is 93.1 cm³/mol. The van der Waals surface area contributed by atoms with E-state index in [1.807, 2.05) is 0 Å². The van der Waals surface area contributed by atoms with Crippen LogP contribution in [0.15, 0.2) is 0 Å². The van der Waals surface area contributed by atoms with Crippen molar-refractivity contribution in [3.05, 3.63) is 5.01 Å². The molecule has 4 amide bonds. The Bertz CT molecular complexity index is 681.